The fourth-order valence-corrected chi connectivity index (χ4v) is 2.36. The van der Waals surface area contributed by atoms with E-state index >= 15 is 0 Å². The Hall–Kier alpha value is -2.77. The van der Waals surface area contributed by atoms with E-state index in [0.717, 1.165) is 5.01 Å². The second kappa shape index (κ2) is 6.77. The maximum Gasteiger partial charge on any atom is 0.346 e. The number of amides is 3. The Morgan fingerprint density at radius 1 is 1.17 bits per heavy atom. The van der Waals surface area contributed by atoms with Gasteiger partial charge in [-0.2, -0.15) is 5.10 Å². The lowest BCUT2D eigenvalue weighted by Gasteiger charge is -2.17. The summed E-state index contributed by atoms with van der Waals surface area (Å²) >= 11 is 0. The van der Waals surface area contributed by atoms with Gasteiger partial charge in [0.1, 0.15) is 5.54 Å². The third-order valence-electron chi connectivity index (χ3n) is 3.99. The molecular formula is C16H21N3O5. The van der Waals surface area contributed by atoms with Gasteiger partial charge in [0, 0.05) is 5.56 Å². The minimum atomic E-state index is -0.934. The minimum Gasteiger partial charge on any atom is -0.493 e. The Morgan fingerprint density at radius 2 is 1.83 bits per heavy atom. The summed E-state index contributed by atoms with van der Waals surface area (Å²) in [5.41, 5.74) is -0.392. The van der Waals surface area contributed by atoms with Gasteiger partial charge >= 0.3 is 6.03 Å². The zero-order chi connectivity index (χ0) is 17.9. The third-order valence-corrected chi connectivity index (χ3v) is 3.99. The highest BCUT2D eigenvalue weighted by Gasteiger charge is 2.46. The quantitative estimate of drug-likeness (QED) is 0.632. The van der Waals surface area contributed by atoms with Crippen LogP contribution < -0.4 is 19.5 Å². The molecule has 0 aromatic heterocycles. The van der Waals surface area contributed by atoms with Crippen molar-refractivity contribution in [1.29, 1.82) is 0 Å². The number of ether oxygens (including phenoxy) is 3. The average molecular weight is 335 g/mol. The zero-order valence-electron chi connectivity index (χ0n) is 14.4. The maximum atomic E-state index is 12.3. The molecule has 0 spiro atoms. The summed E-state index contributed by atoms with van der Waals surface area (Å²) in [5, 5.41) is 7.46. The van der Waals surface area contributed by atoms with E-state index in [4.69, 9.17) is 14.2 Å². The van der Waals surface area contributed by atoms with Crippen molar-refractivity contribution >= 4 is 18.2 Å². The molecule has 0 saturated carbocycles. The molecule has 8 heteroatoms. The van der Waals surface area contributed by atoms with Crippen LogP contribution in [0.5, 0.6) is 17.2 Å². The van der Waals surface area contributed by atoms with Crippen LogP contribution in [0.3, 0.4) is 0 Å². The van der Waals surface area contributed by atoms with Gasteiger partial charge in [0.05, 0.1) is 27.5 Å². The van der Waals surface area contributed by atoms with Gasteiger partial charge in [-0.1, -0.05) is 6.92 Å². The number of urea groups is 1. The summed E-state index contributed by atoms with van der Waals surface area (Å²) in [7, 11) is 4.49. The topological polar surface area (TPSA) is 89.5 Å². The predicted molar refractivity (Wildman–Crippen MR) is 87.8 cm³/mol. The van der Waals surface area contributed by atoms with Crippen LogP contribution in [0.1, 0.15) is 25.8 Å². The number of hydrazone groups is 1. The molecule has 1 saturated heterocycles. The van der Waals surface area contributed by atoms with Crippen LogP contribution in [0.25, 0.3) is 0 Å². The summed E-state index contributed by atoms with van der Waals surface area (Å²) in [6, 6.07) is 2.83. The lowest BCUT2D eigenvalue weighted by molar-refractivity contribution is -0.130. The molecule has 2 rings (SSSR count). The molecule has 0 aliphatic carbocycles. The van der Waals surface area contributed by atoms with Crippen LogP contribution >= 0.6 is 0 Å². The second-order valence-electron chi connectivity index (χ2n) is 5.40. The summed E-state index contributed by atoms with van der Waals surface area (Å²) in [6.07, 6.45) is 1.85. The highest BCUT2D eigenvalue weighted by Crippen LogP contribution is 2.39. The van der Waals surface area contributed by atoms with Crippen molar-refractivity contribution in [3.8, 4) is 17.2 Å². The van der Waals surface area contributed by atoms with Crippen molar-refractivity contribution in [1.82, 2.24) is 10.3 Å². The number of nitrogens with zero attached hydrogens (tertiary/aromatic N) is 2. The summed E-state index contributed by atoms with van der Waals surface area (Å²) in [5.74, 6) is 0.899. The average Bonchev–Trinajstić information content (AvgIpc) is 2.81. The highest BCUT2D eigenvalue weighted by molar-refractivity contribution is 6.07. The van der Waals surface area contributed by atoms with Gasteiger partial charge in [-0.3, -0.25) is 4.79 Å². The number of methoxy groups -OCH3 is 3. The van der Waals surface area contributed by atoms with E-state index in [1.165, 1.54) is 27.5 Å². The third kappa shape index (κ3) is 2.86. The predicted octanol–water partition coefficient (Wildman–Crippen LogP) is 1.77. The molecule has 1 N–H and O–H groups in total. The molecule has 0 unspecified atom stereocenters. The van der Waals surface area contributed by atoms with Crippen LogP contribution in [0, 0.1) is 0 Å². The van der Waals surface area contributed by atoms with Crippen molar-refractivity contribution in [3.05, 3.63) is 17.7 Å². The number of imide groups is 1. The number of rotatable bonds is 6. The largest absolute Gasteiger partial charge is 0.493 e. The number of carbonyl (C=O) groups is 2. The van der Waals surface area contributed by atoms with Crippen LogP contribution in [-0.2, 0) is 4.79 Å². The van der Waals surface area contributed by atoms with Crippen molar-refractivity contribution in [2.24, 2.45) is 5.10 Å². The summed E-state index contributed by atoms with van der Waals surface area (Å²) in [6.45, 7) is 3.49. The summed E-state index contributed by atoms with van der Waals surface area (Å²) in [4.78, 5) is 24.3. The van der Waals surface area contributed by atoms with Crippen molar-refractivity contribution in [2.75, 3.05) is 21.3 Å². The second-order valence-corrected chi connectivity index (χ2v) is 5.40. The molecule has 0 bridgehead atoms. The lowest BCUT2D eigenvalue weighted by Crippen LogP contribution is -2.42. The number of hydrogen-bond acceptors (Lipinski definition) is 6. The highest BCUT2D eigenvalue weighted by atomic mass is 16.5. The van der Waals surface area contributed by atoms with E-state index in [1.807, 2.05) is 6.92 Å². The Bertz CT molecular complexity index is 689. The molecule has 130 valence electrons. The molecule has 1 aromatic carbocycles. The number of hydrogen-bond donors (Lipinski definition) is 1. The summed E-state index contributed by atoms with van der Waals surface area (Å²) < 4.78 is 15.8. The van der Waals surface area contributed by atoms with Gasteiger partial charge in [0.25, 0.3) is 5.91 Å². The first-order chi connectivity index (χ1) is 11.4. The van der Waals surface area contributed by atoms with Crippen LogP contribution in [-0.4, -0.2) is 50.0 Å². The molecule has 1 fully saturated rings. The van der Waals surface area contributed by atoms with E-state index in [2.05, 4.69) is 10.4 Å². The molecular weight excluding hydrogens is 314 g/mol. The Morgan fingerprint density at radius 3 is 2.33 bits per heavy atom. The van der Waals surface area contributed by atoms with Crippen molar-refractivity contribution < 1.29 is 23.8 Å². The smallest absolute Gasteiger partial charge is 0.346 e. The molecule has 1 aliphatic rings. The first kappa shape index (κ1) is 17.6. The van der Waals surface area contributed by atoms with Gasteiger partial charge in [0.15, 0.2) is 11.5 Å². The lowest BCUT2D eigenvalue weighted by atomic mass is 10.00. The fourth-order valence-electron chi connectivity index (χ4n) is 2.36. The minimum absolute atomic E-state index is 0.394. The number of carbonyl (C=O) groups excluding carboxylic acids is 2. The SMILES string of the molecule is CC[C@@]1(C)NC(=O)N(/N=C\c2ccc(OC)c(OC)c2OC)C1=O. The van der Waals surface area contributed by atoms with Crippen LogP contribution in [0.4, 0.5) is 4.79 Å². The van der Waals surface area contributed by atoms with Crippen LogP contribution in [0.15, 0.2) is 17.2 Å². The first-order valence-electron chi connectivity index (χ1n) is 7.41. The van der Waals surface area contributed by atoms with Crippen LogP contribution in [0.2, 0.25) is 0 Å². The van der Waals surface area contributed by atoms with E-state index in [9.17, 15) is 9.59 Å². The number of benzene rings is 1. The molecule has 8 nitrogen and oxygen atoms in total. The van der Waals surface area contributed by atoms with E-state index < -0.39 is 17.5 Å². The van der Waals surface area contributed by atoms with E-state index in [1.54, 1.807) is 19.1 Å². The van der Waals surface area contributed by atoms with E-state index in [0.29, 0.717) is 29.2 Å². The first-order valence-corrected chi connectivity index (χ1v) is 7.41. The number of nitrogens with one attached hydrogen (secondary N) is 1. The molecule has 1 aromatic rings. The normalized spacial score (nSPS) is 20.5. The van der Waals surface area contributed by atoms with Gasteiger partial charge in [-0.25, -0.2) is 4.79 Å². The monoisotopic (exact) mass is 335 g/mol. The van der Waals surface area contributed by atoms with Gasteiger partial charge < -0.3 is 19.5 Å². The fraction of sp³-hybridized carbons (Fsp3) is 0.438. The van der Waals surface area contributed by atoms with Gasteiger partial charge in [-0.05, 0) is 25.5 Å². The maximum absolute atomic E-state index is 12.3. The molecule has 0 radical (unpaired) electrons. The standard InChI is InChI=1S/C16H21N3O5/c1-6-16(2)14(20)19(15(21)18-16)17-9-10-7-8-11(22-3)13(24-5)12(10)23-4/h7-9H,6H2,1-5H3,(H,18,21)/b17-9-/t16-/m1/s1. The molecule has 24 heavy (non-hydrogen) atoms. The molecule has 3 amide bonds. The van der Waals surface area contributed by atoms with Crippen molar-refractivity contribution in [2.45, 2.75) is 25.8 Å². The van der Waals surface area contributed by atoms with Gasteiger partial charge in [0.2, 0.25) is 5.75 Å². The Kier molecular flexibility index (Phi) is 4.96. The Balaban J connectivity index is 2.36. The van der Waals surface area contributed by atoms with E-state index in [-0.39, 0.29) is 0 Å². The molecule has 1 atom stereocenters. The van der Waals surface area contributed by atoms with Crippen molar-refractivity contribution in [3.63, 3.8) is 0 Å². The zero-order valence-corrected chi connectivity index (χ0v) is 14.4. The van der Waals surface area contributed by atoms with Gasteiger partial charge in [-0.15, -0.1) is 5.01 Å². The Labute approximate surface area is 140 Å². The molecule has 1 aliphatic heterocycles. The molecule has 1 heterocycles.